The number of amides is 1. The molecule has 0 bridgehead atoms. The summed E-state index contributed by atoms with van der Waals surface area (Å²) in [6.07, 6.45) is 0. The van der Waals surface area contributed by atoms with Crippen LogP contribution in [0, 0.1) is 11.3 Å². The molecule has 0 aliphatic carbocycles. The number of tetrazole rings is 1. The second-order valence-electron chi connectivity index (χ2n) is 5.27. The monoisotopic (exact) mass is 352 g/mol. The Bertz CT molecular complexity index is 962. The number of rotatable bonds is 4. The molecular weight excluding hydrogens is 340 g/mol. The van der Waals surface area contributed by atoms with Crippen molar-refractivity contribution in [3.8, 4) is 17.5 Å². The summed E-state index contributed by atoms with van der Waals surface area (Å²) in [5.41, 5.74) is 1.64. The van der Waals surface area contributed by atoms with Gasteiger partial charge in [0.2, 0.25) is 5.82 Å². The molecule has 124 valence electrons. The van der Waals surface area contributed by atoms with Crippen molar-refractivity contribution < 1.29 is 4.79 Å². The smallest absolute Gasteiger partial charge is 0.250 e. The topological polar surface area (TPSA) is 96.5 Å². The lowest BCUT2D eigenvalue weighted by atomic mass is 10.2. The van der Waals surface area contributed by atoms with E-state index in [-0.39, 0.29) is 5.91 Å². The third-order valence-electron chi connectivity index (χ3n) is 3.53. The van der Waals surface area contributed by atoms with Gasteiger partial charge in [-0.1, -0.05) is 29.8 Å². The SMILES string of the molecule is C[C@H](C(=O)Nc1cccc(C#N)c1)n1nnc(-c2ccccc2Cl)n1. The van der Waals surface area contributed by atoms with Gasteiger partial charge in [0.05, 0.1) is 16.7 Å². The van der Waals surface area contributed by atoms with Crippen LogP contribution in [-0.4, -0.2) is 26.1 Å². The Morgan fingerprint density at radius 3 is 2.84 bits per heavy atom. The van der Waals surface area contributed by atoms with Crippen molar-refractivity contribution >= 4 is 23.2 Å². The molecule has 1 atom stereocenters. The predicted molar refractivity (Wildman–Crippen MR) is 92.8 cm³/mol. The molecule has 25 heavy (non-hydrogen) atoms. The van der Waals surface area contributed by atoms with Crippen LogP contribution < -0.4 is 5.32 Å². The Morgan fingerprint density at radius 2 is 2.08 bits per heavy atom. The summed E-state index contributed by atoms with van der Waals surface area (Å²) in [5.74, 6) is 0.0231. The maximum atomic E-state index is 12.4. The average Bonchev–Trinajstić information content (AvgIpc) is 3.11. The summed E-state index contributed by atoms with van der Waals surface area (Å²) in [5, 5.41) is 24.3. The first-order valence-corrected chi connectivity index (χ1v) is 7.81. The van der Waals surface area contributed by atoms with Gasteiger partial charge in [0.1, 0.15) is 6.04 Å². The first kappa shape index (κ1) is 16.6. The minimum absolute atomic E-state index is 0.321. The second kappa shape index (κ2) is 7.11. The molecular formula is C17H13ClN6O. The summed E-state index contributed by atoms with van der Waals surface area (Å²) in [4.78, 5) is 13.6. The first-order valence-electron chi connectivity index (χ1n) is 7.44. The summed E-state index contributed by atoms with van der Waals surface area (Å²) >= 11 is 6.12. The van der Waals surface area contributed by atoms with E-state index in [4.69, 9.17) is 16.9 Å². The van der Waals surface area contributed by atoms with E-state index >= 15 is 0 Å². The van der Waals surface area contributed by atoms with Crippen molar-refractivity contribution in [1.29, 1.82) is 5.26 Å². The standard InChI is InChI=1S/C17H13ClN6O/c1-11(17(25)20-13-6-4-5-12(9-13)10-19)24-22-16(21-23-24)14-7-2-3-8-15(14)18/h2-9,11H,1H3,(H,20,25)/t11-/m1/s1. The number of nitrogens with one attached hydrogen (secondary N) is 1. The van der Waals surface area contributed by atoms with Crippen LogP contribution in [0.25, 0.3) is 11.4 Å². The molecule has 8 heteroatoms. The number of halogens is 1. The van der Waals surface area contributed by atoms with Crippen LogP contribution in [0.4, 0.5) is 5.69 Å². The Labute approximate surface area is 148 Å². The molecule has 2 aromatic carbocycles. The van der Waals surface area contributed by atoms with E-state index in [9.17, 15) is 4.79 Å². The quantitative estimate of drug-likeness (QED) is 0.778. The Morgan fingerprint density at radius 1 is 1.28 bits per heavy atom. The summed E-state index contributed by atoms with van der Waals surface area (Å²) < 4.78 is 0. The van der Waals surface area contributed by atoms with Gasteiger partial charge >= 0.3 is 0 Å². The van der Waals surface area contributed by atoms with Crippen LogP contribution >= 0.6 is 11.6 Å². The molecule has 0 fully saturated rings. The average molecular weight is 353 g/mol. The van der Waals surface area contributed by atoms with Gasteiger partial charge in [0, 0.05) is 11.3 Å². The van der Waals surface area contributed by atoms with Gasteiger partial charge < -0.3 is 5.32 Å². The molecule has 0 aliphatic rings. The van der Waals surface area contributed by atoms with Crippen molar-refractivity contribution in [3.63, 3.8) is 0 Å². The fraction of sp³-hybridized carbons (Fsp3) is 0.118. The number of aromatic nitrogens is 4. The Hall–Kier alpha value is -3.24. The zero-order valence-electron chi connectivity index (χ0n) is 13.2. The molecule has 7 nitrogen and oxygen atoms in total. The van der Waals surface area contributed by atoms with Crippen molar-refractivity contribution in [1.82, 2.24) is 20.2 Å². The minimum Gasteiger partial charge on any atom is -0.324 e. The highest BCUT2D eigenvalue weighted by atomic mass is 35.5. The van der Waals surface area contributed by atoms with Crippen molar-refractivity contribution in [2.45, 2.75) is 13.0 Å². The van der Waals surface area contributed by atoms with E-state index in [1.165, 1.54) is 4.80 Å². The van der Waals surface area contributed by atoms with Gasteiger partial charge in [0.25, 0.3) is 5.91 Å². The molecule has 3 rings (SSSR count). The van der Waals surface area contributed by atoms with Gasteiger partial charge in [-0.2, -0.15) is 10.1 Å². The van der Waals surface area contributed by atoms with Gasteiger partial charge in [-0.3, -0.25) is 4.79 Å². The molecule has 0 aliphatic heterocycles. The van der Waals surface area contributed by atoms with Crippen LogP contribution in [0.5, 0.6) is 0 Å². The van der Waals surface area contributed by atoms with Crippen LogP contribution in [0.3, 0.4) is 0 Å². The van der Waals surface area contributed by atoms with Crippen LogP contribution in [0.1, 0.15) is 18.5 Å². The normalized spacial score (nSPS) is 11.6. The van der Waals surface area contributed by atoms with Crippen molar-refractivity contribution in [3.05, 3.63) is 59.1 Å². The number of carbonyl (C=O) groups excluding carboxylic acids is 1. The van der Waals surface area contributed by atoms with E-state index in [0.717, 1.165) is 0 Å². The highest BCUT2D eigenvalue weighted by Gasteiger charge is 2.19. The number of carbonyl (C=O) groups is 1. The number of benzene rings is 2. The van der Waals surface area contributed by atoms with Crippen LogP contribution in [0.15, 0.2) is 48.5 Å². The zero-order chi connectivity index (χ0) is 17.8. The zero-order valence-corrected chi connectivity index (χ0v) is 14.0. The fourth-order valence-corrected chi connectivity index (χ4v) is 2.38. The van der Waals surface area contributed by atoms with Gasteiger partial charge in [-0.25, -0.2) is 0 Å². The lowest BCUT2D eigenvalue weighted by Gasteiger charge is -2.10. The van der Waals surface area contributed by atoms with E-state index < -0.39 is 6.04 Å². The molecule has 1 aromatic heterocycles. The molecule has 0 saturated carbocycles. The van der Waals surface area contributed by atoms with E-state index in [1.807, 2.05) is 18.2 Å². The lowest BCUT2D eigenvalue weighted by Crippen LogP contribution is -2.25. The van der Waals surface area contributed by atoms with E-state index in [1.54, 1.807) is 43.3 Å². The van der Waals surface area contributed by atoms with Gasteiger partial charge in [-0.15, -0.1) is 10.2 Å². The number of nitrogens with zero attached hydrogens (tertiary/aromatic N) is 5. The summed E-state index contributed by atoms with van der Waals surface area (Å²) in [6, 6.07) is 15.1. The third-order valence-corrected chi connectivity index (χ3v) is 3.86. The fourth-order valence-electron chi connectivity index (χ4n) is 2.16. The highest BCUT2D eigenvalue weighted by molar-refractivity contribution is 6.33. The molecule has 3 aromatic rings. The van der Waals surface area contributed by atoms with Crippen molar-refractivity contribution in [2.75, 3.05) is 5.32 Å². The van der Waals surface area contributed by atoms with Crippen LogP contribution in [-0.2, 0) is 4.79 Å². The number of hydrogen-bond donors (Lipinski definition) is 1. The number of nitriles is 1. The minimum atomic E-state index is -0.686. The molecule has 0 unspecified atom stereocenters. The van der Waals surface area contributed by atoms with Gasteiger partial charge in [-0.05, 0) is 42.5 Å². The second-order valence-corrected chi connectivity index (χ2v) is 5.68. The maximum Gasteiger partial charge on any atom is 0.250 e. The molecule has 0 saturated heterocycles. The first-order chi connectivity index (χ1) is 12.1. The summed E-state index contributed by atoms with van der Waals surface area (Å²) in [6.45, 7) is 1.65. The van der Waals surface area contributed by atoms with Gasteiger partial charge in [0.15, 0.2) is 0 Å². The molecule has 1 N–H and O–H groups in total. The van der Waals surface area contributed by atoms with E-state index in [0.29, 0.717) is 27.7 Å². The number of anilines is 1. The van der Waals surface area contributed by atoms with Crippen molar-refractivity contribution in [2.24, 2.45) is 0 Å². The predicted octanol–water partition coefficient (Wildman–Crippen LogP) is 3.06. The molecule has 1 heterocycles. The largest absolute Gasteiger partial charge is 0.324 e. The number of hydrogen-bond acceptors (Lipinski definition) is 5. The molecule has 1 amide bonds. The summed E-state index contributed by atoms with van der Waals surface area (Å²) in [7, 11) is 0. The lowest BCUT2D eigenvalue weighted by molar-refractivity contribution is -0.119. The Kier molecular flexibility index (Phi) is 4.73. The molecule has 0 radical (unpaired) electrons. The highest BCUT2D eigenvalue weighted by Crippen LogP contribution is 2.24. The van der Waals surface area contributed by atoms with Crippen LogP contribution in [0.2, 0.25) is 5.02 Å². The third kappa shape index (κ3) is 3.65. The maximum absolute atomic E-state index is 12.4. The Balaban J connectivity index is 1.77. The van der Waals surface area contributed by atoms with E-state index in [2.05, 4.69) is 20.7 Å². The molecule has 0 spiro atoms.